The lowest BCUT2D eigenvalue weighted by Crippen LogP contribution is -2.50. The first kappa shape index (κ1) is 9.17. The molecule has 2 heteroatoms. The van der Waals surface area contributed by atoms with Crippen LogP contribution in [0.25, 0.3) is 0 Å². The minimum absolute atomic E-state index is 0.925. The highest BCUT2D eigenvalue weighted by molar-refractivity contribution is 4.96. The van der Waals surface area contributed by atoms with Crippen LogP contribution in [0.3, 0.4) is 0 Å². The molecule has 0 amide bonds. The lowest BCUT2D eigenvalue weighted by Gasteiger charge is -2.42. The second-order valence-electron chi connectivity index (χ2n) is 5.24. The van der Waals surface area contributed by atoms with Gasteiger partial charge in [-0.15, -0.1) is 0 Å². The van der Waals surface area contributed by atoms with Crippen molar-refractivity contribution in [3.63, 3.8) is 0 Å². The summed E-state index contributed by atoms with van der Waals surface area (Å²) in [4.78, 5) is 2.91. The number of hydrogen-bond acceptors (Lipinski definition) is 2. The second kappa shape index (κ2) is 3.82. The number of fused-ring (bicyclic) bond motifs is 2. The summed E-state index contributed by atoms with van der Waals surface area (Å²) in [5.41, 5.74) is 0. The van der Waals surface area contributed by atoms with Crippen LogP contribution < -0.4 is 5.32 Å². The van der Waals surface area contributed by atoms with Crippen molar-refractivity contribution >= 4 is 0 Å². The maximum absolute atomic E-state index is 3.48. The van der Waals surface area contributed by atoms with Crippen molar-refractivity contribution in [2.24, 2.45) is 0 Å². The van der Waals surface area contributed by atoms with Gasteiger partial charge in [0.1, 0.15) is 0 Å². The average Bonchev–Trinajstić information content (AvgIpc) is 2.50. The van der Waals surface area contributed by atoms with Crippen LogP contribution in [0.5, 0.6) is 0 Å². The van der Waals surface area contributed by atoms with E-state index >= 15 is 0 Å². The summed E-state index contributed by atoms with van der Waals surface area (Å²) in [6, 6.07) is 2.86. The van der Waals surface area contributed by atoms with E-state index in [0.29, 0.717) is 0 Å². The van der Waals surface area contributed by atoms with E-state index in [1.165, 1.54) is 58.0 Å². The molecule has 3 saturated heterocycles. The molecule has 2 atom stereocenters. The van der Waals surface area contributed by atoms with Gasteiger partial charge in [0.2, 0.25) is 0 Å². The maximum atomic E-state index is 3.48. The Morgan fingerprint density at radius 1 is 0.714 bits per heavy atom. The van der Waals surface area contributed by atoms with E-state index in [1.54, 1.807) is 0 Å². The molecule has 3 aliphatic heterocycles. The molecule has 0 aromatic carbocycles. The molecule has 2 nitrogen and oxygen atoms in total. The summed E-state index contributed by atoms with van der Waals surface area (Å²) in [7, 11) is 0. The van der Waals surface area contributed by atoms with Gasteiger partial charge in [0, 0.05) is 18.1 Å². The zero-order chi connectivity index (χ0) is 9.38. The summed E-state index contributed by atoms with van der Waals surface area (Å²) in [5.74, 6) is 0. The number of nitrogens with zero attached hydrogens (tertiary/aromatic N) is 1. The van der Waals surface area contributed by atoms with Gasteiger partial charge in [0.25, 0.3) is 0 Å². The molecule has 0 radical (unpaired) electrons. The van der Waals surface area contributed by atoms with E-state index in [4.69, 9.17) is 0 Å². The molecule has 0 aromatic rings. The van der Waals surface area contributed by atoms with Crippen molar-refractivity contribution in [1.82, 2.24) is 10.2 Å². The fourth-order valence-electron chi connectivity index (χ4n) is 3.86. The van der Waals surface area contributed by atoms with Gasteiger partial charge in [-0.1, -0.05) is 6.42 Å². The fourth-order valence-corrected chi connectivity index (χ4v) is 3.86. The van der Waals surface area contributed by atoms with E-state index < -0.39 is 0 Å². The molecule has 3 rings (SSSR count). The fraction of sp³-hybridized carbons (Fsp3) is 1.00. The predicted molar refractivity (Wildman–Crippen MR) is 58.4 cm³/mol. The Hall–Kier alpha value is -0.0800. The average molecular weight is 194 g/mol. The van der Waals surface area contributed by atoms with Crippen LogP contribution >= 0.6 is 0 Å². The van der Waals surface area contributed by atoms with E-state index in [9.17, 15) is 0 Å². The molecular weight excluding hydrogens is 172 g/mol. The van der Waals surface area contributed by atoms with Crippen LogP contribution in [0.15, 0.2) is 0 Å². The third kappa shape index (κ3) is 1.49. The van der Waals surface area contributed by atoms with Crippen LogP contribution in [-0.2, 0) is 0 Å². The molecule has 14 heavy (non-hydrogen) atoms. The topological polar surface area (TPSA) is 15.3 Å². The van der Waals surface area contributed by atoms with E-state index in [0.717, 1.165) is 18.1 Å². The van der Waals surface area contributed by atoms with Gasteiger partial charge < -0.3 is 5.32 Å². The van der Waals surface area contributed by atoms with Gasteiger partial charge in [0.05, 0.1) is 0 Å². The minimum atomic E-state index is 0.925. The summed E-state index contributed by atoms with van der Waals surface area (Å²) in [6.07, 6.45) is 10.3. The molecule has 2 bridgehead atoms. The van der Waals surface area contributed by atoms with E-state index in [1.807, 2.05) is 0 Å². The smallest absolute Gasteiger partial charge is 0.0125 e. The molecule has 3 fully saturated rings. The zero-order valence-corrected chi connectivity index (χ0v) is 9.04. The van der Waals surface area contributed by atoms with Crippen molar-refractivity contribution in [3.05, 3.63) is 0 Å². The van der Waals surface area contributed by atoms with Gasteiger partial charge in [-0.3, -0.25) is 4.90 Å². The normalized spacial score (nSPS) is 40.3. The van der Waals surface area contributed by atoms with Gasteiger partial charge in [-0.2, -0.15) is 0 Å². The summed E-state index contributed by atoms with van der Waals surface area (Å²) >= 11 is 0. The molecule has 0 aliphatic carbocycles. The first-order valence-electron chi connectivity index (χ1n) is 6.43. The largest absolute Gasteiger partial charge is 0.317 e. The highest BCUT2D eigenvalue weighted by Gasteiger charge is 2.40. The molecule has 1 N–H and O–H groups in total. The van der Waals surface area contributed by atoms with Crippen molar-refractivity contribution in [2.45, 2.75) is 63.1 Å². The molecular formula is C12H22N2. The van der Waals surface area contributed by atoms with Crippen molar-refractivity contribution in [1.29, 1.82) is 0 Å². The van der Waals surface area contributed by atoms with Gasteiger partial charge in [-0.05, 0) is 51.6 Å². The summed E-state index contributed by atoms with van der Waals surface area (Å²) in [5, 5.41) is 3.48. The number of nitrogens with one attached hydrogen (secondary N) is 1. The summed E-state index contributed by atoms with van der Waals surface area (Å²) in [6.45, 7) is 2.50. The molecule has 0 saturated carbocycles. The molecule has 2 unspecified atom stereocenters. The lowest BCUT2D eigenvalue weighted by molar-refractivity contribution is 0.0691. The number of hydrogen-bond donors (Lipinski definition) is 1. The van der Waals surface area contributed by atoms with Gasteiger partial charge in [0.15, 0.2) is 0 Å². The molecule has 3 aliphatic rings. The van der Waals surface area contributed by atoms with E-state index in [-0.39, 0.29) is 0 Å². The Morgan fingerprint density at radius 2 is 1.29 bits per heavy atom. The van der Waals surface area contributed by atoms with Gasteiger partial charge in [-0.25, -0.2) is 0 Å². The third-order valence-electron chi connectivity index (χ3n) is 4.48. The predicted octanol–water partition coefficient (Wildman–Crippen LogP) is 1.76. The minimum Gasteiger partial charge on any atom is -0.317 e. The number of rotatable bonds is 1. The second-order valence-corrected chi connectivity index (χ2v) is 5.24. The van der Waals surface area contributed by atoms with Crippen molar-refractivity contribution < 1.29 is 0 Å². The molecule has 0 spiro atoms. The van der Waals surface area contributed by atoms with Crippen LogP contribution in [-0.4, -0.2) is 36.1 Å². The standard InChI is InChI=1S/C12H22N2/c1-2-10-4-5-11(3-1)14(10)12-6-8-13-9-7-12/h10-13H,1-9H2. The monoisotopic (exact) mass is 194 g/mol. The van der Waals surface area contributed by atoms with Gasteiger partial charge >= 0.3 is 0 Å². The molecule has 80 valence electrons. The van der Waals surface area contributed by atoms with Crippen LogP contribution in [0.2, 0.25) is 0 Å². The Balaban J connectivity index is 1.70. The maximum Gasteiger partial charge on any atom is 0.0125 e. The van der Waals surface area contributed by atoms with Crippen molar-refractivity contribution in [3.8, 4) is 0 Å². The van der Waals surface area contributed by atoms with Crippen molar-refractivity contribution in [2.75, 3.05) is 13.1 Å². The zero-order valence-electron chi connectivity index (χ0n) is 9.04. The Bertz CT molecular complexity index is 182. The SMILES string of the molecule is C1CC2CCC(C1)N2C1CCNCC1. The first-order chi connectivity index (χ1) is 6.95. The highest BCUT2D eigenvalue weighted by Crippen LogP contribution is 2.38. The van der Waals surface area contributed by atoms with Crippen LogP contribution in [0, 0.1) is 0 Å². The Kier molecular flexibility index (Phi) is 2.50. The Morgan fingerprint density at radius 3 is 1.93 bits per heavy atom. The first-order valence-corrected chi connectivity index (χ1v) is 6.43. The lowest BCUT2D eigenvalue weighted by atomic mass is 9.96. The van der Waals surface area contributed by atoms with E-state index in [2.05, 4.69) is 10.2 Å². The number of piperidine rings is 2. The summed E-state index contributed by atoms with van der Waals surface area (Å²) < 4.78 is 0. The molecule has 0 aromatic heterocycles. The van der Waals surface area contributed by atoms with Crippen LogP contribution in [0.4, 0.5) is 0 Å². The Labute approximate surface area is 87.0 Å². The molecule has 3 heterocycles. The quantitative estimate of drug-likeness (QED) is 0.684. The third-order valence-corrected chi connectivity index (χ3v) is 4.48. The highest BCUT2D eigenvalue weighted by atomic mass is 15.2. The van der Waals surface area contributed by atoms with Crippen LogP contribution in [0.1, 0.15) is 44.9 Å².